The van der Waals surface area contributed by atoms with Crippen LogP contribution in [-0.4, -0.2) is 38.6 Å². The number of carbonyl (C=O) groups excluding carboxylic acids is 1. The molecule has 1 saturated carbocycles. The molecule has 0 unspecified atom stereocenters. The van der Waals surface area contributed by atoms with Crippen LogP contribution in [0.1, 0.15) is 32.6 Å². The van der Waals surface area contributed by atoms with Gasteiger partial charge in [0.25, 0.3) is 0 Å². The van der Waals surface area contributed by atoms with Crippen molar-refractivity contribution >= 4 is 27.7 Å². The van der Waals surface area contributed by atoms with E-state index in [1.807, 2.05) is 0 Å². The number of anilines is 1. The average molecular weight is 383 g/mol. The minimum Gasteiger partial charge on any atom is -0.465 e. The van der Waals surface area contributed by atoms with Gasteiger partial charge in [0.2, 0.25) is 15.9 Å². The van der Waals surface area contributed by atoms with Crippen LogP contribution < -0.4 is 15.4 Å². The molecule has 4 N–H and O–H groups in total. The highest BCUT2D eigenvalue weighted by atomic mass is 32.2. The molecule has 0 heterocycles. The first-order valence-corrected chi connectivity index (χ1v) is 10.1. The molecule has 0 aliphatic heterocycles. The van der Waals surface area contributed by atoms with Crippen molar-refractivity contribution in [1.82, 2.24) is 10.0 Å². The molecule has 0 radical (unpaired) electrons. The van der Waals surface area contributed by atoms with E-state index in [2.05, 4.69) is 15.4 Å². The largest absolute Gasteiger partial charge is 0.465 e. The smallest absolute Gasteiger partial charge is 0.404 e. The van der Waals surface area contributed by atoms with Crippen molar-refractivity contribution in [2.24, 2.45) is 11.8 Å². The van der Waals surface area contributed by atoms with Crippen molar-refractivity contribution in [3.63, 3.8) is 0 Å². The van der Waals surface area contributed by atoms with Gasteiger partial charge in [-0.25, -0.2) is 17.9 Å². The number of sulfonamides is 1. The van der Waals surface area contributed by atoms with Gasteiger partial charge in [-0.05, 0) is 61.8 Å². The fourth-order valence-electron chi connectivity index (χ4n) is 3.10. The molecule has 26 heavy (non-hydrogen) atoms. The molecule has 0 spiro atoms. The van der Waals surface area contributed by atoms with E-state index in [9.17, 15) is 18.0 Å². The Labute approximate surface area is 153 Å². The standard InChI is InChI=1S/C17H25N3O5S/c1-12(21)20-15-6-8-16(9-7-15)26(24,25)19-11-14-4-2-13(3-5-14)10-18-17(22)23/h6-9,13-14,18-19H,2-5,10-11H2,1H3,(H,20,21)(H,22,23)/t13-,14-. The predicted molar refractivity (Wildman–Crippen MR) is 97.4 cm³/mol. The van der Waals surface area contributed by atoms with Gasteiger partial charge in [0, 0.05) is 25.7 Å². The molecule has 144 valence electrons. The van der Waals surface area contributed by atoms with Crippen molar-refractivity contribution in [3.8, 4) is 0 Å². The lowest BCUT2D eigenvalue weighted by atomic mass is 9.82. The van der Waals surface area contributed by atoms with Crippen LogP contribution in [0.2, 0.25) is 0 Å². The summed E-state index contributed by atoms with van der Waals surface area (Å²) in [7, 11) is -3.59. The number of nitrogens with one attached hydrogen (secondary N) is 3. The minimum absolute atomic E-state index is 0.158. The summed E-state index contributed by atoms with van der Waals surface area (Å²) in [6.07, 6.45) is 2.51. The number of carboxylic acid groups (broad SMARTS) is 1. The molecule has 1 aliphatic rings. The van der Waals surface area contributed by atoms with E-state index < -0.39 is 16.1 Å². The zero-order chi connectivity index (χ0) is 19.2. The number of amides is 2. The highest BCUT2D eigenvalue weighted by Gasteiger charge is 2.23. The summed E-state index contributed by atoms with van der Waals surface area (Å²) in [6.45, 7) is 2.21. The molecule has 2 rings (SSSR count). The quantitative estimate of drug-likeness (QED) is 0.573. The van der Waals surface area contributed by atoms with Gasteiger partial charge >= 0.3 is 6.09 Å². The summed E-state index contributed by atoms with van der Waals surface area (Å²) in [6, 6.07) is 6.03. The van der Waals surface area contributed by atoms with E-state index in [4.69, 9.17) is 5.11 Å². The summed E-state index contributed by atoms with van der Waals surface area (Å²) >= 11 is 0. The Bertz CT molecular complexity index is 725. The van der Waals surface area contributed by atoms with Gasteiger partial charge in [0.1, 0.15) is 0 Å². The lowest BCUT2D eigenvalue weighted by Crippen LogP contribution is -2.34. The molecular formula is C17H25N3O5S. The molecule has 8 nitrogen and oxygen atoms in total. The van der Waals surface area contributed by atoms with Crippen LogP contribution in [0.25, 0.3) is 0 Å². The van der Waals surface area contributed by atoms with Gasteiger partial charge in [-0.2, -0.15) is 0 Å². The fraction of sp³-hybridized carbons (Fsp3) is 0.529. The van der Waals surface area contributed by atoms with E-state index in [1.54, 1.807) is 12.1 Å². The second-order valence-corrected chi connectivity index (χ2v) is 8.40. The van der Waals surface area contributed by atoms with Crippen molar-refractivity contribution in [2.45, 2.75) is 37.5 Å². The zero-order valence-electron chi connectivity index (χ0n) is 14.7. The topological polar surface area (TPSA) is 125 Å². The third-order valence-electron chi connectivity index (χ3n) is 4.56. The number of carbonyl (C=O) groups is 2. The van der Waals surface area contributed by atoms with Crippen LogP contribution >= 0.6 is 0 Å². The second-order valence-electron chi connectivity index (χ2n) is 6.63. The normalized spacial score (nSPS) is 20.3. The van der Waals surface area contributed by atoms with E-state index in [0.717, 1.165) is 25.7 Å². The van der Waals surface area contributed by atoms with E-state index in [0.29, 0.717) is 24.7 Å². The van der Waals surface area contributed by atoms with Crippen molar-refractivity contribution in [1.29, 1.82) is 0 Å². The molecule has 1 aromatic rings. The van der Waals surface area contributed by atoms with Crippen molar-refractivity contribution < 1.29 is 23.1 Å². The summed E-state index contributed by atoms with van der Waals surface area (Å²) in [4.78, 5) is 21.7. The van der Waals surface area contributed by atoms with Gasteiger partial charge in [-0.15, -0.1) is 0 Å². The molecule has 1 fully saturated rings. The number of rotatable bonds is 7. The average Bonchev–Trinajstić information content (AvgIpc) is 2.59. The second kappa shape index (κ2) is 9.00. The molecule has 0 atom stereocenters. The van der Waals surface area contributed by atoms with Crippen LogP contribution in [0.4, 0.5) is 10.5 Å². The van der Waals surface area contributed by atoms with Gasteiger partial charge in [0.05, 0.1) is 4.90 Å². The Morgan fingerprint density at radius 3 is 2.08 bits per heavy atom. The number of hydrogen-bond donors (Lipinski definition) is 4. The van der Waals surface area contributed by atoms with Crippen molar-refractivity contribution in [2.75, 3.05) is 18.4 Å². The molecular weight excluding hydrogens is 358 g/mol. The van der Waals surface area contributed by atoms with Crippen LogP contribution in [-0.2, 0) is 14.8 Å². The minimum atomic E-state index is -3.59. The first-order chi connectivity index (χ1) is 12.3. The first kappa shape index (κ1) is 20.2. The van der Waals surface area contributed by atoms with E-state index in [1.165, 1.54) is 19.1 Å². The Morgan fingerprint density at radius 2 is 1.58 bits per heavy atom. The monoisotopic (exact) mass is 383 g/mol. The molecule has 1 aromatic carbocycles. The maximum atomic E-state index is 12.4. The Kier molecular flexibility index (Phi) is 6.98. The van der Waals surface area contributed by atoms with Gasteiger partial charge < -0.3 is 15.7 Å². The summed E-state index contributed by atoms with van der Waals surface area (Å²) < 4.78 is 27.4. The zero-order valence-corrected chi connectivity index (χ0v) is 15.5. The summed E-state index contributed by atoms with van der Waals surface area (Å²) in [5, 5.41) is 13.6. The molecule has 1 aliphatic carbocycles. The molecule has 9 heteroatoms. The third kappa shape index (κ3) is 6.30. The van der Waals surface area contributed by atoms with Crippen LogP contribution in [0.15, 0.2) is 29.2 Å². The molecule has 0 saturated heterocycles. The van der Waals surface area contributed by atoms with Gasteiger partial charge in [-0.1, -0.05) is 0 Å². The van der Waals surface area contributed by atoms with E-state index in [-0.39, 0.29) is 16.7 Å². The highest BCUT2D eigenvalue weighted by molar-refractivity contribution is 7.89. The van der Waals surface area contributed by atoms with Gasteiger partial charge in [-0.3, -0.25) is 4.79 Å². The number of hydrogen-bond acceptors (Lipinski definition) is 4. The summed E-state index contributed by atoms with van der Waals surface area (Å²) in [5.74, 6) is 0.359. The Balaban J connectivity index is 1.81. The highest BCUT2D eigenvalue weighted by Crippen LogP contribution is 2.28. The number of benzene rings is 1. The first-order valence-electron chi connectivity index (χ1n) is 8.60. The van der Waals surface area contributed by atoms with Crippen molar-refractivity contribution in [3.05, 3.63) is 24.3 Å². The third-order valence-corrected chi connectivity index (χ3v) is 5.99. The van der Waals surface area contributed by atoms with Crippen LogP contribution in [0, 0.1) is 11.8 Å². The SMILES string of the molecule is CC(=O)Nc1ccc(S(=O)(=O)NC[C@H]2CC[C@H](CNC(=O)O)CC2)cc1. The molecule has 0 bridgehead atoms. The summed E-state index contributed by atoms with van der Waals surface area (Å²) in [5.41, 5.74) is 0.546. The Morgan fingerprint density at radius 1 is 1.04 bits per heavy atom. The Hall–Kier alpha value is -2.13. The predicted octanol–water partition coefficient (Wildman–Crippen LogP) is 2.00. The maximum absolute atomic E-state index is 12.4. The fourth-order valence-corrected chi connectivity index (χ4v) is 4.22. The van der Waals surface area contributed by atoms with E-state index >= 15 is 0 Å². The molecule has 0 aromatic heterocycles. The lowest BCUT2D eigenvalue weighted by molar-refractivity contribution is -0.114. The molecule has 2 amide bonds. The van der Waals surface area contributed by atoms with Crippen LogP contribution in [0.3, 0.4) is 0 Å². The van der Waals surface area contributed by atoms with Gasteiger partial charge in [0.15, 0.2) is 0 Å². The lowest BCUT2D eigenvalue weighted by Gasteiger charge is -2.28. The maximum Gasteiger partial charge on any atom is 0.404 e. The van der Waals surface area contributed by atoms with Crippen LogP contribution in [0.5, 0.6) is 0 Å².